The van der Waals surface area contributed by atoms with E-state index in [0.717, 1.165) is 0 Å². The number of ether oxygens (including phenoxy) is 1. The highest BCUT2D eigenvalue weighted by atomic mass is 32.5. The number of aliphatic hydroxyl groups is 1. The summed E-state index contributed by atoms with van der Waals surface area (Å²) in [4.78, 5) is 53.6. The molecule has 2 unspecified atom stereocenters. The molecule has 0 amide bonds. The fourth-order valence-electron chi connectivity index (χ4n) is 5.72. The van der Waals surface area contributed by atoms with Gasteiger partial charge >= 0.3 is 13.4 Å². The molecule has 250 valence electrons. The first-order chi connectivity index (χ1) is 22.2. The first-order valence-corrected chi connectivity index (χ1v) is 18.8. The number of imidazole rings is 2. The predicted molar refractivity (Wildman–Crippen MR) is 168 cm³/mol. The van der Waals surface area contributed by atoms with E-state index in [9.17, 15) is 19.7 Å². The first-order valence-electron chi connectivity index (χ1n) is 13.6. The summed E-state index contributed by atoms with van der Waals surface area (Å²) in [6, 6.07) is 0.267. The van der Waals surface area contributed by atoms with Gasteiger partial charge in [-0.25, -0.2) is 19.3 Å². The van der Waals surface area contributed by atoms with Gasteiger partial charge in [-0.1, -0.05) is 5.92 Å². The van der Waals surface area contributed by atoms with Crippen LogP contribution in [-0.4, -0.2) is 98.3 Å². The molecular weight excluding hydrogens is 705 g/mol. The lowest BCUT2D eigenvalue weighted by molar-refractivity contribution is -0.0877. The Kier molecular flexibility index (Phi) is 8.00. The van der Waals surface area contributed by atoms with Gasteiger partial charge in [0.05, 0.1) is 37.6 Å². The Bertz CT molecular complexity index is 2090. The summed E-state index contributed by atoms with van der Waals surface area (Å²) in [5, 5.41) is 14.4. The van der Waals surface area contributed by atoms with Crippen molar-refractivity contribution in [2.24, 2.45) is 0 Å². The van der Waals surface area contributed by atoms with E-state index in [1.54, 1.807) is 0 Å². The molecule has 4 aromatic heterocycles. The molecule has 4 aromatic rings. The van der Waals surface area contributed by atoms with Crippen LogP contribution in [0.4, 0.5) is 16.0 Å². The van der Waals surface area contributed by atoms with Gasteiger partial charge in [-0.3, -0.25) is 33.3 Å². The van der Waals surface area contributed by atoms with Crippen molar-refractivity contribution in [2.45, 2.75) is 48.5 Å². The lowest BCUT2D eigenvalue weighted by Gasteiger charge is -2.33. The highest BCUT2D eigenvalue weighted by molar-refractivity contribution is 8.07. The summed E-state index contributed by atoms with van der Waals surface area (Å²) in [6.07, 6.45) is 0.360. The average Bonchev–Trinajstić information content (AvgIpc) is 3.76. The van der Waals surface area contributed by atoms with Crippen LogP contribution >= 0.6 is 13.4 Å². The van der Waals surface area contributed by atoms with Crippen molar-refractivity contribution in [3.8, 4) is 12.3 Å². The van der Waals surface area contributed by atoms with Crippen LogP contribution in [0.1, 0.15) is 12.4 Å². The number of halogens is 1. The molecule has 7 heterocycles. The van der Waals surface area contributed by atoms with Gasteiger partial charge in [-0.05, 0) is 29.7 Å². The maximum absolute atomic E-state index is 16.0. The monoisotopic (exact) mass is 730 g/mol. The molecule has 7 rings (SSSR count). The van der Waals surface area contributed by atoms with Crippen molar-refractivity contribution < 1.29 is 42.1 Å². The normalized spacial score (nSPS) is 38.0. The maximum atomic E-state index is 16.0. The number of nitrogens with one attached hydrogen (secondary N) is 2. The smallest absolute Gasteiger partial charge is 0.325 e. The molecular formula is C23H25FN10O9P2S2. The van der Waals surface area contributed by atoms with Crippen LogP contribution in [0.2, 0.25) is 0 Å². The molecule has 9 N–H and O–H groups in total. The molecule has 47 heavy (non-hydrogen) atoms. The van der Waals surface area contributed by atoms with E-state index in [1.807, 2.05) is 0 Å². The zero-order valence-electron chi connectivity index (χ0n) is 23.6. The second kappa shape index (κ2) is 11.6. The number of nitrogens with zero attached hydrogens (tertiary/aromatic N) is 6. The zero-order valence-corrected chi connectivity index (χ0v) is 27.0. The number of aromatic amines is 1. The third-order valence-electron chi connectivity index (χ3n) is 7.91. The van der Waals surface area contributed by atoms with Crippen molar-refractivity contribution in [3.63, 3.8) is 0 Å². The summed E-state index contributed by atoms with van der Waals surface area (Å²) in [5.41, 5.74) is 9.67. The van der Waals surface area contributed by atoms with Crippen LogP contribution in [0.3, 0.4) is 0 Å². The van der Waals surface area contributed by atoms with Gasteiger partial charge in [0.15, 0.2) is 28.6 Å². The number of terminal acetylenes is 1. The van der Waals surface area contributed by atoms with Crippen molar-refractivity contribution >= 4 is 71.0 Å². The third kappa shape index (κ3) is 5.56. The van der Waals surface area contributed by atoms with Crippen LogP contribution in [0.15, 0.2) is 29.7 Å². The Balaban J connectivity index is 1.25. The van der Waals surface area contributed by atoms with Crippen molar-refractivity contribution in [1.29, 1.82) is 0 Å². The van der Waals surface area contributed by atoms with E-state index in [0.29, 0.717) is 11.2 Å². The van der Waals surface area contributed by atoms with Crippen LogP contribution in [0.5, 0.6) is 0 Å². The van der Waals surface area contributed by atoms with E-state index in [1.165, 1.54) is 34.1 Å². The number of pyridine rings is 1. The summed E-state index contributed by atoms with van der Waals surface area (Å²) in [5.74, 6) is 2.12. The van der Waals surface area contributed by atoms with E-state index >= 15 is 4.39 Å². The van der Waals surface area contributed by atoms with Gasteiger partial charge in [0, 0.05) is 6.20 Å². The van der Waals surface area contributed by atoms with Crippen LogP contribution < -0.4 is 22.3 Å². The summed E-state index contributed by atoms with van der Waals surface area (Å²) in [6.45, 7) is -10.1. The highest BCUT2D eigenvalue weighted by Crippen LogP contribution is 2.55. The lowest BCUT2D eigenvalue weighted by atomic mass is 9.97. The number of rotatable bonds is 2. The highest BCUT2D eigenvalue weighted by Gasteiger charge is 2.59. The first kappa shape index (κ1) is 32.5. The number of anilines is 2. The largest absolute Gasteiger partial charge is 0.397 e. The Morgan fingerprint density at radius 1 is 1.11 bits per heavy atom. The molecule has 10 atom stereocenters. The second-order valence-corrected chi connectivity index (χ2v) is 16.4. The van der Waals surface area contributed by atoms with E-state index < -0.39 is 80.7 Å². The average molecular weight is 731 g/mol. The number of nitrogen functional groups attached to an aromatic ring is 2. The number of H-pyrrole nitrogens is 1. The number of fused-ring (bicyclic) bond motifs is 5. The quantitative estimate of drug-likeness (QED) is 0.0968. The van der Waals surface area contributed by atoms with Gasteiger partial charge in [0.1, 0.15) is 36.2 Å². The molecule has 3 aliphatic heterocycles. The van der Waals surface area contributed by atoms with Crippen molar-refractivity contribution in [1.82, 2.24) is 39.4 Å². The molecule has 0 aliphatic carbocycles. The Hall–Kier alpha value is -3.00. The topological polar surface area (TPSA) is 265 Å². The predicted octanol–water partition coefficient (Wildman–Crippen LogP) is -0.950. The Morgan fingerprint density at radius 2 is 1.83 bits per heavy atom. The van der Waals surface area contributed by atoms with Crippen molar-refractivity contribution in [3.05, 3.63) is 35.3 Å². The fourth-order valence-corrected chi connectivity index (χ4v) is 8.58. The van der Waals surface area contributed by atoms with Gasteiger partial charge in [0.25, 0.3) is 5.56 Å². The molecule has 3 fully saturated rings. The maximum Gasteiger partial charge on any atom is 0.325 e. The lowest BCUT2D eigenvalue weighted by Crippen LogP contribution is -2.47. The van der Waals surface area contributed by atoms with Gasteiger partial charge in [-0.2, -0.15) is 4.98 Å². The minimum atomic E-state index is -4.41. The van der Waals surface area contributed by atoms with Gasteiger partial charge < -0.3 is 40.1 Å². The van der Waals surface area contributed by atoms with Crippen LogP contribution in [0.25, 0.3) is 22.3 Å². The SMILES string of the molecule is C#C[C@@]12COP(O)(=S)O[C@@H]3[C@@H](F)[C@@H](COP(O)(=S)O[C@H]1[C@@H](O)[C@H](n1cnc4c(N)ccnc41)O2)N[C@H]3n1cnc2c(=O)[nH]c(N)nc21. The summed E-state index contributed by atoms with van der Waals surface area (Å²) in [7, 11) is 0. The zero-order chi connectivity index (χ0) is 33.5. The number of alkyl halides is 1. The molecule has 2 bridgehead atoms. The fraction of sp³-hybridized carbons (Fsp3) is 0.435. The van der Waals surface area contributed by atoms with Crippen LogP contribution in [-0.2, 0) is 46.4 Å². The molecule has 19 nitrogen and oxygen atoms in total. The Morgan fingerprint density at radius 3 is 2.60 bits per heavy atom. The summed E-state index contributed by atoms with van der Waals surface area (Å²) >= 11 is 10.5. The number of aliphatic hydroxyl groups excluding tert-OH is 1. The number of hydrogen-bond donors (Lipinski definition) is 7. The molecule has 0 aromatic carbocycles. The van der Waals surface area contributed by atoms with Gasteiger partial charge in [0.2, 0.25) is 5.95 Å². The minimum Gasteiger partial charge on any atom is -0.397 e. The van der Waals surface area contributed by atoms with E-state index in [-0.39, 0.29) is 22.8 Å². The number of hydrogen-bond acceptors (Lipinski definition) is 16. The second-order valence-electron chi connectivity index (χ2n) is 10.8. The molecule has 0 saturated carbocycles. The van der Waals surface area contributed by atoms with E-state index in [4.69, 9.17) is 64.3 Å². The minimum absolute atomic E-state index is 0.0354. The molecule has 24 heteroatoms. The van der Waals surface area contributed by atoms with Gasteiger partial charge in [-0.15, -0.1) is 6.42 Å². The number of aromatic nitrogens is 7. The molecule has 3 saturated heterocycles. The Labute approximate surface area is 272 Å². The molecule has 0 spiro atoms. The van der Waals surface area contributed by atoms with Crippen LogP contribution in [0, 0.1) is 12.3 Å². The van der Waals surface area contributed by atoms with Crippen molar-refractivity contribution in [2.75, 3.05) is 24.7 Å². The number of nitrogens with two attached hydrogens (primary N) is 2. The van der Waals surface area contributed by atoms with E-state index in [2.05, 4.69) is 36.2 Å². The summed E-state index contributed by atoms with van der Waals surface area (Å²) < 4.78 is 47.4. The molecule has 3 aliphatic rings. The molecule has 0 radical (unpaired) electrons. The third-order valence-corrected chi connectivity index (χ3v) is 11.0. The standard InChI is InChI=1S/C23H25FN10O9P2S2/c1-2-23-6-40-45(38,47)42-15-11(24)10(30-19(15)33-7-29-13-18(33)31-22(26)32-20(13)36)5-39-44(37,46)43-16(23)14(35)21(41-23)34-8-28-12-9(25)3-4-27-17(12)34/h1,3-4,7-8,10-11,14-16,19,21,30,35H,5-6H2,(H2,25,27)(H,37,46)(H,38,47)(H3,26,31,32,36)/t10-,11+,14-,15-,16+,19+,21-,23-,44?,45?/m1/s1.